The normalized spacial score (nSPS) is 22.7. The highest BCUT2D eigenvalue weighted by molar-refractivity contribution is 9.10. The zero-order valence-corrected chi connectivity index (χ0v) is 16.1. The largest absolute Gasteiger partial charge is 0.496 e. The zero-order valence-electron chi connectivity index (χ0n) is 14.5. The second-order valence-corrected chi connectivity index (χ2v) is 7.83. The minimum absolute atomic E-state index is 0.210. The highest BCUT2D eigenvalue weighted by Gasteiger charge is 2.35. The van der Waals surface area contributed by atoms with Crippen LogP contribution in [-0.2, 0) is 11.2 Å². The summed E-state index contributed by atoms with van der Waals surface area (Å²) in [4.78, 5) is 11.4. The van der Waals surface area contributed by atoms with Crippen LogP contribution in [0.4, 0.5) is 0 Å². The quantitative estimate of drug-likeness (QED) is 0.410. The average Bonchev–Trinajstić information content (AvgIpc) is 2.44. The van der Waals surface area contributed by atoms with Crippen LogP contribution in [0.25, 0.3) is 0 Å². The van der Waals surface area contributed by atoms with Gasteiger partial charge in [0.1, 0.15) is 11.5 Å². The minimum Gasteiger partial charge on any atom is -0.496 e. The molecule has 2 rings (SSSR count). The predicted molar refractivity (Wildman–Crippen MR) is 95.9 cm³/mol. The molecule has 0 heterocycles. The van der Waals surface area contributed by atoms with Gasteiger partial charge in [-0.3, -0.25) is 4.79 Å². The number of allylic oxidation sites excluding steroid dienone is 2. The molecule has 0 bridgehead atoms. The average molecular weight is 381 g/mol. The Balaban J connectivity index is 2.40. The number of carbonyl (C=O) groups excluding carboxylic acids is 1. The van der Waals surface area contributed by atoms with Gasteiger partial charge in [0.2, 0.25) is 0 Å². The van der Waals surface area contributed by atoms with Gasteiger partial charge in [-0.2, -0.15) is 0 Å². The molecule has 2 unspecified atom stereocenters. The first-order chi connectivity index (χ1) is 10.7. The van der Waals surface area contributed by atoms with Gasteiger partial charge in [0.05, 0.1) is 11.6 Å². The number of halogens is 1. The Kier molecular flexibility index (Phi) is 5.56. The van der Waals surface area contributed by atoms with Gasteiger partial charge >= 0.3 is 5.97 Å². The zero-order chi connectivity index (χ0) is 17.2. The summed E-state index contributed by atoms with van der Waals surface area (Å²) in [5.41, 5.74) is 1.22. The number of carbonyl (C=O) groups is 1. The summed E-state index contributed by atoms with van der Waals surface area (Å²) >= 11 is 3.46. The van der Waals surface area contributed by atoms with Gasteiger partial charge in [-0.25, -0.2) is 0 Å². The van der Waals surface area contributed by atoms with Gasteiger partial charge in [-0.05, 0) is 63.7 Å². The van der Waals surface area contributed by atoms with Gasteiger partial charge in [-0.15, -0.1) is 0 Å². The van der Waals surface area contributed by atoms with E-state index in [1.54, 1.807) is 7.11 Å². The van der Waals surface area contributed by atoms with Crippen LogP contribution < -0.4 is 9.47 Å². The van der Waals surface area contributed by atoms with Crippen LogP contribution in [0.2, 0.25) is 0 Å². The summed E-state index contributed by atoms with van der Waals surface area (Å²) in [6.45, 7) is 8.29. The fourth-order valence-electron chi connectivity index (χ4n) is 3.43. The van der Waals surface area contributed by atoms with E-state index in [1.165, 1.54) is 6.92 Å². The number of ether oxygens (including phenoxy) is 2. The van der Waals surface area contributed by atoms with E-state index in [9.17, 15) is 4.79 Å². The summed E-state index contributed by atoms with van der Waals surface area (Å²) in [6.07, 6.45) is 6.48. The maximum atomic E-state index is 11.4. The van der Waals surface area contributed by atoms with Crippen LogP contribution in [0.15, 0.2) is 28.8 Å². The molecule has 126 valence electrons. The van der Waals surface area contributed by atoms with Crippen LogP contribution in [-0.4, -0.2) is 13.1 Å². The van der Waals surface area contributed by atoms with Crippen molar-refractivity contribution in [2.45, 2.75) is 40.5 Å². The molecule has 0 amide bonds. The molecule has 4 heteroatoms. The molecule has 0 N–H and O–H groups in total. The van der Waals surface area contributed by atoms with Crippen molar-refractivity contribution < 1.29 is 14.3 Å². The molecule has 0 radical (unpaired) electrons. The number of benzene rings is 1. The minimum atomic E-state index is -0.306. The third-order valence-corrected chi connectivity index (χ3v) is 5.37. The van der Waals surface area contributed by atoms with Crippen molar-refractivity contribution in [3.05, 3.63) is 34.3 Å². The van der Waals surface area contributed by atoms with Crippen molar-refractivity contribution in [3.8, 4) is 11.5 Å². The van der Waals surface area contributed by atoms with E-state index in [4.69, 9.17) is 9.47 Å². The molecule has 0 saturated heterocycles. The molecule has 2 atom stereocenters. The third kappa shape index (κ3) is 4.17. The van der Waals surface area contributed by atoms with E-state index < -0.39 is 0 Å². The molecule has 1 aromatic carbocycles. The molecule has 0 spiro atoms. The van der Waals surface area contributed by atoms with Crippen LogP contribution in [0.5, 0.6) is 11.5 Å². The lowest BCUT2D eigenvalue weighted by Gasteiger charge is -2.40. The molecule has 1 aromatic rings. The number of hydrogen-bond acceptors (Lipinski definition) is 3. The van der Waals surface area contributed by atoms with E-state index in [-0.39, 0.29) is 11.4 Å². The highest BCUT2D eigenvalue weighted by Crippen LogP contribution is 2.44. The Hall–Kier alpha value is -1.29. The van der Waals surface area contributed by atoms with Crippen molar-refractivity contribution in [2.24, 2.45) is 17.3 Å². The van der Waals surface area contributed by atoms with Gasteiger partial charge in [-0.1, -0.05) is 32.9 Å². The molecule has 0 aliphatic heterocycles. The molecule has 3 nitrogen and oxygen atoms in total. The molecule has 0 aromatic heterocycles. The summed E-state index contributed by atoms with van der Waals surface area (Å²) in [7, 11) is 1.64. The number of rotatable bonds is 4. The lowest BCUT2D eigenvalue weighted by atomic mass is 9.65. The van der Waals surface area contributed by atoms with Crippen molar-refractivity contribution in [1.82, 2.24) is 0 Å². The first-order valence-corrected chi connectivity index (χ1v) is 8.75. The lowest BCUT2D eigenvalue weighted by molar-refractivity contribution is -0.131. The Bertz CT molecular complexity index is 619. The van der Waals surface area contributed by atoms with E-state index in [0.717, 1.165) is 28.6 Å². The van der Waals surface area contributed by atoms with E-state index >= 15 is 0 Å². The standard InChI is InChI=1S/C19H25BrO3/c1-12-7-6-8-19(3,4)15(12)9-14-10-18(22-5)16(20)11-17(14)23-13(2)21/h6-7,10-12,15H,8-9H2,1-5H3. The SMILES string of the molecule is COc1cc(CC2C(C)C=CCC2(C)C)c(OC(C)=O)cc1Br. The summed E-state index contributed by atoms with van der Waals surface area (Å²) in [5.74, 6) is 2.03. The van der Waals surface area contributed by atoms with Crippen LogP contribution >= 0.6 is 15.9 Å². The third-order valence-electron chi connectivity index (χ3n) is 4.75. The van der Waals surface area contributed by atoms with Gasteiger partial charge in [0.15, 0.2) is 0 Å². The van der Waals surface area contributed by atoms with Crippen molar-refractivity contribution in [1.29, 1.82) is 0 Å². The first kappa shape index (κ1) is 18.1. The Labute approximate surface area is 147 Å². The van der Waals surface area contributed by atoms with Crippen LogP contribution in [0, 0.1) is 17.3 Å². The molecule has 1 aliphatic rings. The highest BCUT2D eigenvalue weighted by atomic mass is 79.9. The topological polar surface area (TPSA) is 35.5 Å². The van der Waals surface area contributed by atoms with Gasteiger partial charge in [0.25, 0.3) is 0 Å². The van der Waals surface area contributed by atoms with E-state index in [2.05, 4.69) is 48.9 Å². The maximum absolute atomic E-state index is 11.4. The van der Waals surface area contributed by atoms with E-state index in [0.29, 0.717) is 17.6 Å². The summed E-state index contributed by atoms with van der Waals surface area (Å²) in [6, 6.07) is 3.80. The fourth-order valence-corrected chi connectivity index (χ4v) is 3.91. The molecule has 1 aliphatic carbocycles. The summed E-state index contributed by atoms with van der Waals surface area (Å²) < 4.78 is 11.6. The number of methoxy groups -OCH3 is 1. The second kappa shape index (κ2) is 7.08. The Morgan fingerprint density at radius 1 is 1.35 bits per heavy atom. The molecule has 23 heavy (non-hydrogen) atoms. The smallest absolute Gasteiger partial charge is 0.308 e. The Morgan fingerprint density at radius 2 is 2.04 bits per heavy atom. The van der Waals surface area contributed by atoms with Gasteiger partial charge < -0.3 is 9.47 Å². The fraction of sp³-hybridized carbons (Fsp3) is 0.526. The summed E-state index contributed by atoms with van der Waals surface area (Å²) in [5, 5.41) is 0. The number of esters is 1. The molecule has 0 fully saturated rings. The van der Waals surface area contributed by atoms with Crippen LogP contribution in [0.3, 0.4) is 0 Å². The maximum Gasteiger partial charge on any atom is 0.308 e. The predicted octanol–water partition coefficient (Wildman–Crippen LogP) is 5.16. The van der Waals surface area contributed by atoms with Gasteiger partial charge in [0, 0.05) is 6.92 Å². The first-order valence-electron chi connectivity index (χ1n) is 7.96. The van der Waals surface area contributed by atoms with Crippen LogP contribution in [0.1, 0.15) is 39.7 Å². The van der Waals surface area contributed by atoms with Crippen molar-refractivity contribution in [2.75, 3.05) is 7.11 Å². The second-order valence-electron chi connectivity index (χ2n) is 6.98. The lowest BCUT2D eigenvalue weighted by Crippen LogP contribution is -2.33. The monoisotopic (exact) mass is 380 g/mol. The van der Waals surface area contributed by atoms with E-state index in [1.807, 2.05) is 12.1 Å². The van der Waals surface area contributed by atoms with Crippen molar-refractivity contribution >= 4 is 21.9 Å². The van der Waals surface area contributed by atoms with Crippen molar-refractivity contribution in [3.63, 3.8) is 0 Å². The molecule has 0 saturated carbocycles. The Morgan fingerprint density at radius 3 is 2.61 bits per heavy atom. The number of hydrogen-bond donors (Lipinski definition) is 0. The molecular weight excluding hydrogens is 356 g/mol. The molecular formula is C19H25BrO3.